The summed E-state index contributed by atoms with van der Waals surface area (Å²) in [6, 6.07) is 11.9. The number of pyridine rings is 2. The van der Waals surface area contributed by atoms with Crippen molar-refractivity contribution < 1.29 is 0 Å². The maximum absolute atomic E-state index is 6.44. The highest BCUT2D eigenvalue weighted by Crippen LogP contribution is 2.35. The minimum Gasteiger partial charge on any atom is -0.382 e. The third kappa shape index (κ3) is 4.59. The van der Waals surface area contributed by atoms with E-state index >= 15 is 0 Å². The molecular formula is C27H22ClN11. The molecule has 0 saturated heterocycles. The van der Waals surface area contributed by atoms with Crippen molar-refractivity contribution in [2.75, 3.05) is 5.73 Å². The van der Waals surface area contributed by atoms with Gasteiger partial charge >= 0.3 is 0 Å². The number of hydrogen-bond donors (Lipinski definition) is 3. The second-order valence-corrected chi connectivity index (χ2v) is 9.23. The minimum absolute atomic E-state index is 0.0958. The predicted molar refractivity (Wildman–Crippen MR) is 150 cm³/mol. The number of rotatable bonds is 3. The number of hydrogen-bond acceptors (Lipinski definition) is 9. The van der Waals surface area contributed by atoms with Crippen molar-refractivity contribution in [2.24, 2.45) is 0 Å². The van der Waals surface area contributed by atoms with E-state index in [-0.39, 0.29) is 5.92 Å². The number of benzene rings is 1. The molecule has 4 N–H and O–H groups in total. The number of aromatic amines is 2. The number of fused-ring (bicyclic) bond motifs is 3. The molecule has 0 spiro atoms. The molecule has 6 heterocycles. The van der Waals surface area contributed by atoms with Crippen molar-refractivity contribution in [1.82, 2.24) is 49.8 Å². The summed E-state index contributed by atoms with van der Waals surface area (Å²) in [5, 5.41) is 1.60. The van der Waals surface area contributed by atoms with Crippen LogP contribution in [0.1, 0.15) is 29.9 Å². The Balaban J connectivity index is 0.000000231. The van der Waals surface area contributed by atoms with Gasteiger partial charge in [0, 0.05) is 28.8 Å². The Morgan fingerprint density at radius 3 is 2.59 bits per heavy atom. The number of aryl methyl sites for hydroxylation is 1. The van der Waals surface area contributed by atoms with Crippen molar-refractivity contribution in [3.63, 3.8) is 0 Å². The molecule has 1 atom stereocenters. The van der Waals surface area contributed by atoms with Gasteiger partial charge in [0.15, 0.2) is 17.1 Å². The van der Waals surface area contributed by atoms with Crippen LogP contribution >= 0.6 is 11.6 Å². The Kier molecular flexibility index (Phi) is 6.25. The molecule has 0 amide bonds. The third-order valence-electron chi connectivity index (χ3n) is 6.39. The summed E-state index contributed by atoms with van der Waals surface area (Å²) >= 11 is 6.44. The quantitative estimate of drug-likeness (QED) is 0.282. The molecule has 7 rings (SSSR count). The summed E-state index contributed by atoms with van der Waals surface area (Å²) < 4.78 is 0. The predicted octanol–water partition coefficient (Wildman–Crippen LogP) is 5.01. The number of imidazole rings is 2. The van der Waals surface area contributed by atoms with E-state index in [0.717, 1.165) is 38.9 Å². The fourth-order valence-electron chi connectivity index (χ4n) is 4.34. The maximum Gasteiger partial charge on any atom is 0.182 e. The van der Waals surface area contributed by atoms with Crippen molar-refractivity contribution in [2.45, 2.75) is 19.8 Å². The van der Waals surface area contributed by atoms with Gasteiger partial charge in [-0.15, -0.1) is 0 Å². The number of nitrogens with two attached hydrogens (primary N) is 1. The monoisotopic (exact) mass is 535 g/mol. The Bertz CT molecular complexity index is 1950. The standard InChI is InChI=1S/C22H17ClN6.C5H5N5/c1-12(21-25-10-18-22(29-21)27-11-26-18)16-9-14-5-3-7-17(23)19(14)28-20(16)15-6-4-8-24-13(15)2;6-4-3-5(9-1-7-3)10-2-8-4/h3-12H,1-2H3,(H,25,26,27,29);1-2H,(H3,6,7,8,9,10)/t12-;/m0./s1. The summed E-state index contributed by atoms with van der Waals surface area (Å²) in [5.74, 6) is 1.03. The Morgan fingerprint density at radius 1 is 0.897 bits per heavy atom. The smallest absolute Gasteiger partial charge is 0.182 e. The van der Waals surface area contributed by atoms with Crippen LogP contribution in [0.2, 0.25) is 5.02 Å². The zero-order valence-corrected chi connectivity index (χ0v) is 21.7. The highest BCUT2D eigenvalue weighted by Gasteiger charge is 2.21. The molecule has 11 nitrogen and oxygen atoms in total. The van der Waals surface area contributed by atoms with E-state index in [0.29, 0.717) is 33.5 Å². The topological polar surface area (TPSA) is 161 Å². The third-order valence-corrected chi connectivity index (χ3v) is 6.69. The molecule has 0 aliphatic heterocycles. The van der Waals surface area contributed by atoms with Crippen molar-refractivity contribution in [3.05, 3.63) is 89.9 Å². The molecule has 0 fully saturated rings. The fraction of sp³-hybridized carbons (Fsp3) is 0.111. The second-order valence-electron chi connectivity index (χ2n) is 8.82. The van der Waals surface area contributed by atoms with Gasteiger partial charge in [0.25, 0.3) is 0 Å². The molecule has 6 aromatic heterocycles. The Morgan fingerprint density at radius 2 is 1.74 bits per heavy atom. The summed E-state index contributed by atoms with van der Waals surface area (Å²) in [6.07, 6.45) is 8.10. The average molecular weight is 536 g/mol. The van der Waals surface area contributed by atoms with Gasteiger partial charge in [-0.1, -0.05) is 30.7 Å². The van der Waals surface area contributed by atoms with Gasteiger partial charge < -0.3 is 15.7 Å². The number of para-hydroxylation sites is 1. The van der Waals surface area contributed by atoms with Crippen LogP contribution in [0.5, 0.6) is 0 Å². The number of nitrogens with one attached hydrogen (secondary N) is 2. The van der Waals surface area contributed by atoms with Gasteiger partial charge in [0.1, 0.15) is 23.2 Å². The number of aromatic nitrogens is 10. The molecule has 0 bridgehead atoms. The first-order chi connectivity index (χ1) is 19.0. The lowest BCUT2D eigenvalue weighted by molar-refractivity contribution is 0.822. The molecule has 0 aliphatic carbocycles. The molecule has 0 aliphatic rings. The second kappa shape index (κ2) is 10.0. The molecule has 0 saturated carbocycles. The van der Waals surface area contributed by atoms with E-state index in [9.17, 15) is 0 Å². The van der Waals surface area contributed by atoms with Gasteiger partial charge in [-0.2, -0.15) is 0 Å². The van der Waals surface area contributed by atoms with E-state index in [1.807, 2.05) is 37.3 Å². The zero-order valence-electron chi connectivity index (χ0n) is 21.0. The van der Waals surface area contributed by atoms with Crippen LogP contribution in [0.25, 0.3) is 44.5 Å². The van der Waals surface area contributed by atoms with E-state index in [2.05, 4.69) is 57.8 Å². The van der Waals surface area contributed by atoms with Crippen molar-refractivity contribution in [1.29, 1.82) is 0 Å². The zero-order chi connectivity index (χ0) is 26.9. The van der Waals surface area contributed by atoms with Crippen molar-refractivity contribution >= 4 is 50.6 Å². The number of H-pyrrole nitrogens is 2. The lowest BCUT2D eigenvalue weighted by Gasteiger charge is -2.17. The summed E-state index contributed by atoms with van der Waals surface area (Å²) in [7, 11) is 0. The van der Waals surface area contributed by atoms with Gasteiger partial charge in [-0.3, -0.25) is 4.98 Å². The Labute approximate surface area is 227 Å². The normalized spacial score (nSPS) is 12.0. The van der Waals surface area contributed by atoms with Gasteiger partial charge in [-0.05, 0) is 36.8 Å². The maximum atomic E-state index is 6.44. The molecule has 39 heavy (non-hydrogen) atoms. The van der Waals surface area contributed by atoms with Crippen LogP contribution in [-0.4, -0.2) is 49.8 Å². The molecular weight excluding hydrogens is 514 g/mol. The summed E-state index contributed by atoms with van der Waals surface area (Å²) in [4.78, 5) is 40.3. The largest absolute Gasteiger partial charge is 0.382 e. The average Bonchev–Trinajstić information content (AvgIpc) is 3.63. The molecule has 0 unspecified atom stereocenters. The molecule has 1 aromatic carbocycles. The number of nitrogens with zero attached hydrogens (tertiary/aromatic N) is 8. The van der Waals surface area contributed by atoms with E-state index in [1.165, 1.54) is 12.7 Å². The number of anilines is 1. The van der Waals surface area contributed by atoms with Crippen LogP contribution < -0.4 is 5.73 Å². The number of nitrogen functional groups attached to an aromatic ring is 1. The number of halogens is 1. The fourth-order valence-corrected chi connectivity index (χ4v) is 4.56. The van der Waals surface area contributed by atoms with Crippen molar-refractivity contribution in [3.8, 4) is 11.3 Å². The lowest BCUT2D eigenvalue weighted by Crippen LogP contribution is -2.06. The minimum atomic E-state index is -0.0958. The summed E-state index contributed by atoms with van der Waals surface area (Å²) in [6.45, 7) is 4.06. The highest BCUT2D eigenvalue weighted by molar-refractivity contribution is 6.35. The Hall–Kier alpha value is -5.03. The van der Waals surface area contributed by atoms with Crippen LogP contribution in [0, 0.1) is 6.92 Å². The molecule has 7 aromatic rings. The van der Waals surface area contributed by atoms with Gasteiger partial charge in [0.2, 0.25) is 0 Å². The molecule has 192 valence electrons. The summed E-state index contributed by atoms with van der Waals surface area (Å²) in [5.41, 5.74) is 12.7. The first-order valence-corrected chi connectivity index (χ1v) is 12.4. The van der Waals surface area contributed by atoms with Gasteiger partial charge in [-0.25, -0.2) is 34.9 Å². The van der Waals surface area contributed by atoms with E-state index < -0.39 is 0 Å². The first-order valence-electron chi connectivity index (χ1n) is 12.1. The first kappa shape index (κ1) is 24.3. The highest BCUT2D eigenvalue weighted by atomic mass is 35.5. The molecule has 12 heteroatoms. The van der Waals surface area contributed by atoms with Crippen LogP contribution in [0.15, 0.2) is 67.8 Å². The van der Waals surface area contributed by atoms with E-state index in [4.69, 9.17) is 22.3 Å². The SMILES string of the molecule is Cc1ncccc1-c1nc2c(Cl)cccc2cc1[C@H](C)c1ncc2[nH]cnc2n1.Nc1ncnc2nc[nH]c12. The van der Waals surface area contributed by atoms with E-state index in [1.54, 1.807) is 18.7 Å². The van der Waals surface area contributed by atoms with Crippen LogP contribution in [-0.2, 0) is 0 Å². The van der Waals surface area contributed by atoms with Gasteiger partial charge in [0.05, 0.1) is 35.1 Å². The van der Waals surface area contributed by atoms with Crippen LogP contribution in [0.3, 0.4) is 0 Å². The van der Waals surface area contributed by atoms with Crippen LogP contribution in [0.4, 0.5) is 5.82 Å². The molecule has 0 radical (unpaired) electrons. The lowest BCUT2D eigenvalue weighted by atomic mass is 9.93.